The number of pyridine rings is 1. The largest absolute Gasteiger partial charge is 0.346 e. The number of carbonyl (C=O) groups is 2. The fraction of sp³-hybridized carbons (Fsp3) is 0.579. The van der Waals surface area contributed by atoms with Gasteiger partial charge in [-0.25, -0.2) is 5.43 Å². The van der Waals surface area contributed by atoms with Crippen molar-refractivity contribution >= 4 is 18.0 Å². The molecule has 5 rings (SSSR count). The van der Waals surface area contributed by atoms with Crippen LogP contribution in [0.2, 0.25) is 0 Å². The van der Waals surface area contributed by atoms with Crippen LogP contribution in [0.4, 0.5) is 0 Å². The molecule has 2 amide bonds. The lowest BCUT2D eigenvalue weighted by Gasteiger charge is -2.55. The van der Waals surface area contributed by atoms with Crippen LogP contribution in [0.25, 0.3) is 0 Å². The van der Waals surface area contributed by atoms with Gasteiger partial charge in [0.25, 0.3) is 5.91 Å². The first-order valence-electron chi connectivity index (χ1n) is 9.14. The van der Waals surface area contributed by atoms with Crippen molar-refractivity contribution in [2.75, 3.05) is 6.54 Å². The summed E-state index contributed by atoms with van der Waals surface area (Å²) in [6.07, 6.45) is 10.1. The van der Waals surface area contributed by atoms with Gasteiger partial charge in [-0.05, 0) is 68.4 Å². The molecule has 4 fully saturated rings. The molecule has 25 heavy (non-hydrogen) atoms. The van der Waals surface area contributed by atoms with Crippen molar-refractivity contribution in [1.82, 2.24) is 15.7 Å². The maximum Gasteiger partial charge on any atom is 0.259 e. The van der Waals surface area contributed by atoms with E-state index in [2.05, 4.69) is 20.8 Å². The molecule has 0 aliphatic heterocycles. The quantitative estimate of drug-likeness (QED) is 0.634. The monoisotopic (exact) mass is 340 g/mol. The zero-order chi connectivity index (χ0) is 17.3. The molecule has 1 aromatic heterocycles. The molecule has 4 bridgehead atoms. The highest BCUT2D eigenvalue weighted by molar-refractivity contribution is 5.88. The minimum atomic E-state index is -0.315. The first kappa shape index (κ1) is 16.2. The zero-order valence-corrected chi connectivity index (χ0v) is 14.3. The van der Waals surface area contributed by atoms with Crippen molar-refractivity contribution in [3.05, 3.63) is 30.1 Å². The van der Waals surface area contributed by atoms with Crippen LogP contribution in [0.1, 0.15) is 44.2 Å². The van der Waals surface area contributed by atoms with Gasteiger partial charge in [-0.1, -0.05) is 6.07 Å². The Morgan fingerprint density at radius 2 is 1.84 bits per heavy atom. The number of nitrogens with one attached hydrogen (secondary N) is 2. The van der Waals surface area contributed by atoms with Gasteiger partial charge in [0.15, 0.2) is 0 Å². The summed E-state index contributed by atoms with van der Waals surface area (Å²) >= 11 is 0. The molecule has 6 heteroatoms. The van der Waals surface area contributed by atoms with Gasteiger partial charge in [0.2, 0.25) is 5.91 Å². The van der Waals surface area contributed by atoms with Crippen LogP contribution in [0.3, 0.4) is 0 Å². The molecule has 0 spiro atoms. The highest BCUT2D eigenvalue weighted by Gasteiger charge is 2.54. The Morgan fingerprint density at radius 1 is 1.16 bits per heavy atom. The number of hydrogen-bond acceptors (Lipinski definition) is 4. The van der Waals surface area contributed by atoms with Crippen molar-refractivity contribution in [2.45, 2.75) is 38.5 Å². The minimum absolute atomic E-state index is 0.0276. The van der Waals surface area contributed by atoms with Gasteiger partial charge in [0.05, 0.1) is 18.5 Å². The smallest absolute Gasteiger partial charge is 0.259 e. The summed E-state index contributed by atoms with van der Waals surface area (Å²) in [5.74, 6) is 1.90. The zero-order valence-electron chi connectivity index (χ0n) is 14.3. The summed E-state index contributed by atoms with van der Waals surface area (Å²) in [5.41, 5.74) is 2.89. The summed E-state index contributed by atoms with van der Waals surface area (Å²) in [5, 5.41) is 6.72. The molecule has 0 saturated heterocycles. The van der Waals surface area contributed by atoms with Crippen LogP contribution < -0.4 is 10.7 Å². The fourth-order valence-electron chi connectivity index (χ4n) is 5.40. The summed E-state index contributed by atoms with van der Waals surface area (Å²) in [6.45, 7) is -0.0276. The van der Waals surface area contributed by atoms with Crippen LogP contribution in [0.15, 0.2) is 29.5 Å². The maximum atomic E-state index is 12.8. The van der Waals surface area contributed by atoms with E-state index in [-0.39, 0.29) is 23.8 Å². The molecule has 0 aromatic carbocycles. The fourth-order valence-corrected chi connectivity index (χ4v) is 5.40. The van der Waals surface area contributed by atoms with Gasteiger partial charge in [0, 0.05) is 11.6 Å². The molecule has 4 aliphatic rings. The second-order valence-electron chi connectivity index (χ2n) is 7.93. The lowest BCUT2D eigenvalue weighted by molar-refractivity contribution is -0.147. The van der Waals surface area contributed by atoms with E-state index in [4.69, 9.17) is 0 Å². The average molecular weight is 340 g/mol. The third kappa shape index (κ3) is 3.43. The van der Waals surface area contributed by atoms with Crippen molar-refractivity contribution in [1.29, 1.82) is 0 Å². The molecule has 0 atom stereocenters. The standard InChI is InChI=1S/C19H24N4O2/c24-17(23-22-11-16-3-1-2-4-20-16)12-21-18(25)19-8-13-5-14(9-19)7-15(6-13)10-19/h1-4,11,13-15H,5-10,12H2,(H,21,25)(H,23,24)/b22-11+. The number of hydrogen-bond donors (Lipinski definition) is 2. The van der Waals surface area contributed by atoms with E-state index in [0.717, 1.165) is 19.3 Å². The van der Waals surface area contributed by atoms with Gasteiger partial charge in [-0.3, -0.25) is 14.6 Å². The lowest BCUT2D eigenvalue weighted by Crippen LogP contribution is -2.54. The first-order valence-corrected chi connectivity index (χ1v) is 9.14. The van der Waals surface area contributed by atoms with E-state index in [9.17, 15) is 9.59 Å². The van der Waals surface area contributed by atoms with Crippen molar-refractivity contribution in [2.24, 2.45) is 28.3 Å². The summed E-state index contributed by atoms with van der Waals surface area (Å²) in [7, 11) is 0. The van der Waals surface area contributed by atoms with Crippen molar-refractivity contribution in [3.63, 3.8) is 0 Å². The summed E-state index contributed by atoms with van der Waals surface area (Å²) < 4.78 is 0. The van der Waals surface area contributed by atoms with E-state index in [1.807, 2.05) is 12.1 Å². The lowest BCUT2D eigenvalue weighted by atomic mass is 9.49. The predicted octanol–water partition coefficient (Wildman–Crippen LogP) is 1.86. The van der Waals surface area contributed by atoms with Gasteiger partial charge >= 0.3 is 0 Å². The Morgan fingerprint density at radius 3 is 2.44 bits per heavy atom. The van der Waals surface area contributed by atoms with Gasteiger partial charge in [-0.15, -0.1) is 0 Å². The second-order valence-corrected chi connectivity index (χ2v) is 7.93. The number of rotatable bonds is 5. The molecule has 6 nitrogen and oxygen atoms in total. The Kier molecular flexibility index (Phi) is 4.27. The number of aromatic nitrogens is 1. The molecule has 0 radical (unpaired) electrons. The summed E-state index contributed by atoms with van der Waals surface area (Å²) in [6, 6.07) is 5.46. The molecule has 1 heterocycles. The highest BCUT2D eigenvalue weighted by atomic mass is 16.2. The van der Waals surface area contributed by atoms with Crippen molar-refractivity contribution in [3.8, 4) is 0 Å². The molecule has 0 unspecified atom stereocenters. The second kappa shape index (κ2) is 6.58. The Balaban J connectivity index is 1.27. The van der Waals surface area contributed by atoms with Crippen LogP contribution >= 0.6 is 0 Å². The third-order valence-electron chi connectivity index (χ3n) is 6.00. The molecule has 1 aromatic rings. The molecular weight excluding hydrogens is 316 g/mol. The molecule has 4 aliphatic carbocycles. The normalized spacial score (nSPS) is 32.7. The molecule has 2 N–H and O–H groups in total. The SMILES string of the molecule is O=C(CNC(=O)C12CC3CC(CC(C3)C1)C2)N/N=C/c1ccccn1. The van der Waals surface area contributed by atoms with Gasteiger partial charge in [0.1, 0.15) is 0 Å². The first-order chi connectivity index (χ1) is 12.1. The molecule has 132 valence electrons. The number of carbonyl (C=O) groups excluding carboxylic acids is 2. The molecule has 4 saturated carbocycles. The van der Waals surface area contributed by atoms with Crippen LogP contribution in [-0.2, 0) is 9.59 Å². The average Bonchev–Trinajstić information content (AvgIpc) is 2.59. The highest BCUT2D eigenvalue weighted by Crippen LogP contribution is 2.60. The third-order valence-corrected chi connectivity index (χ3v) is 6.00. The number of nitrogens with zero attached hydrogens (tertiary/aromatic N) is 2. The summed E-state index contributed by atoms with van der Waals surface area (Å²) in [4.78, 5) is 28.7. The molecular formula is C19H24N4O2. The number of amides is 2. The van der Waals surface area contributed by atoms with E-state index < -0.39 is 0 Å². The Hall–Kier alpha value is -2.24. The topological polar surface area (TPSA) is 83.5 Å². The Labute approximate surface area is 147 Å². The van der Waals surface area contributed by atoms with E-state index in [1.54, 1.807) is 12.3 Å². The predicted molar refractivity (Wildman–Crippen MR) is 93.6 cm³/mol. The van der Waals surface area contributed by atoms with Crippen LogP contribution in [-0.4, -0.2) is 29.6 Å². The van der Waals surface area contributed by atoms with E-state index in [1.165, 1.54) is 25.5 Å². The van der Waals surface area contributed by atoms with E-state index >= 15 is 0 Å². The van der Waals surface area contributed by atoms with Crippen molar-refractivity contribution < 1.29 is 9.59 Å². The Bertz CT molecular complexity index is 651. The minimum Gasteiger partial charge on any atom is -0.346 e. The van der Waals surface area contributed by atoms with Gasteiger partial charge in [-0.2, -0.15) is 5.10 Å². The van der Waals surface area contributed by atoms with Crippen LogP contribution in [0, 0.1) is 23.2 Å². The van der Waals surface area contributed by atoms with Crippen LogP contribution in [0.5, 0.6) is 0 Å². The van der Waals surface area contributed by atoms with E-state index in [0.29, 0.717) is 23.4 Å². The van der Waals surface area contributed by atoms with Gasteiger partial charge < -0.3 is 5.32 Å². The maximum absolute atomic E-state index is 12.8. The number of hydrazone groups is 1.